The number of fused-ring (bicyclic) bond motifs is 1. The van der Waals surface area contributed by atoms with Crippen molar-refractivity contribution in [3.05, 3.63) is 101 Å². The Kier molecular flexibility index (Phi) is 7.50. The third-order valence-corrected chi connectivity index (χ3v) is 8.10. The predicted molar refractivity (Wildman–Crippen MR) is 146 cm³/mol. The molecule has 0 saturated carbocycles. The highest BCUT2D eigenvalue weighted by molar-refractivity contribution is 5.44. The van der Waals surface area contributed by atoms with E-state index in [1.165, 1.54) is 17.2 Å². The Morgan fingerprint density at radius 3 is 2.27 bits per heavy atom. The molecule has 3 atom stereocenters. The minimum atomic E-state index is -4.69. The van der Waals surface area contributed by atoms with E-state index in [9.17, 15) is 18.3 Å². The fourth-order valence-corrected chi connectivity index (χ4v) is 6.43. The van der Waals surface area contributed by atoms with Crippen LogP contribution in [0.3, 0.4) is 0 Å². The van der Waals surface area contributed by atoms with Crippen molar-refractivity contribution in [2.24, 2.45) is 0 Å². The van der Waals surface area contributed by atoms with Crippen LogP contribution in [0.25, 0.3) is 5.69 Å². The second-order valence-corrected chi connectivity index (χ2v) is 10.7. The molecule has 6 rings (SSSR count). The lowest BCUT2D eigenvalue weighted by atomic mass is 9.82. The zero-order valence-electron chi connectivity index (χ0n) is 22.5. The monoisotopic (exact) mass is 564 g/mol. The quantitative estimate of drug-likeness (QED) is 0.362. The fraction of sp³-hybridized carbons (Fsp3) is 0.367. The van der Waals surface area contributed by atoms with Gasteiger partial charge in [0.1, 0.15) is 5.75 Å². The molecule has 1 aromatic heterocycles. The van der Waals surface area contributed by atoms with Gasteiger partial charge in [0, 0.05) is 49.7 Å². The minimum absolute atomic E-state index is 0.0665. The summed E-state index contributed by atoms with van der Waals surface area (Å²) < 4.78 is 46.9. The number of alkyl halides is 3. The van der Waals surface area contributed by atoms with Gasteiger partial charge in [-0.25, -0.2) is 0 Å². The lowest BCUT2D eigenvalue weighted by Gasteiger charge is -2.47. The van der Waals surface area contributed by atoms with Crippen molar-refractivity contribution in [1.82, 2.24) is 30.0 Å². The van der Waals surface area contributed by atoms with Crippen LogP contribution in [0, 0.1) is 0 Å². The first-order valence-corrected chi connectivity index (χ1v) is 13.6. The molecule has 3 heterocycles. The summed E-state index contributed by atoms with van der Waals surface area (Å²) in [6.45, 7) is 2.48. The van der Waals surface area contributed by atoms with Crippen LogP contribution >= 0.6 is 0 Å². The molecule has 0 amide bonds. The summed E-state index contributed by atoms with van der Waals surface area (Å²) in [5, 5.41) is 20.7. The van der Waals surface area contributed by atoms with Crippen molar-refractivity contribution >= 4 is 0 Å². The Morgan fingerprint density at radius 1 is 0.951 bits per heavy atom. The van der Waals surface area contributed by atoms with E-state index < -0.39 is 18.1 Å². The smallest absolute Gasteiger partial charge is 0.453 e. The summed E-state index contributed by atoms with van der Waals surface area (Å²) in [6, 6.07) is 25.8. The molecule has 11 heteroatoms. The van der Waals surface area contributed by atoms with E-state index in [0.29, 0.717) is 36.5 Å². The van der Waals surface area contributed by atoms with E-state index in [0.717, 1.165) is 12.1 Å². The highest BCUT2D eigenvalue weighted by atomic mass is 19.4. The van der Waals surface area contributed by atoms with Crippen molar-refractivity contribution < 1.29 is 23.0 Å². The molecule has 1 N–H and O–H groups in total. The maximum absolute atomic E-state index is 13.5. The normalized spacial score (nSPS) is 21.8. The van der Waals surface area contributed by atoms with Gasteiger partial charge in [-0.15, -0.1) is 5.10 Å². The first-order chi connectivity index (χ1) is 19.8. The fourth-order valence-electron chi connectivity index (χ4n) is 6.43. The number of benzene rings is 3. The summed E-state index contributed by atoms with van der Waals surface area (Å²) in [4.78, 5) is 4.75. The number of aliphatic hydroxyl groups is 1. The van der Waals surface area contributed by atoms with Gasteiger partial charge in [0.15, 0.2) is 0 Å². The molecule has 0 bridgehead atoms. The van der Waals surface area contributed by atoms with Crippen molar-refractivity contribution in [2.75, 3.05) is 26.7 Å². The number of methoxy groups -OCH3 is 1. The van der Waals surface area contributed by atoms with Crippen LogP contribution in [0.4, 0.5) is 13.2 Å². The van der Waals surface area contributed by atoms with E-state index in [-0.39, 0.29) is 23.7 Å². The van der Waals surface area contributed by atoms with Gasteiger partial charge in [-0.05, 0) is 46.2 Å². The Hall–Kier alpha value is -3.80. The molecule has 2 aliphatic rings. The summed E-state index contributed by atoms with van der Waals surface area (Å²) in [5.41, 5.74) is 3.33. The molecule has 8 nitrogen and oxygen atoms in total. The molecule has 3 aromatic carbocycles. The number of nitrogens with zero attached hydrogens (tertiary/aromatic N) is 6. The lowest BCUT2D eigenvalue weighted by Crippen LogP contribution is -2.58. The van der Waals surface area contributed by atoms with Crippen LogP contribution in [-0.4, -0.2) is 80.0 Å². The zero-order valence-corrected chi connectivity index (χ0v) is 22.5. The van der Waals surface area contributed by atoms with Crippen molar-refractivity contribution in [3.63, 3.8) is 0 Å². The van der Waals surface area contributed by atoms with Crippen LogP contribution in [0.1, 0.15) is 34.9 Å². The molecule has 4 aromatic rings. The number of hydrogen-bond donors (Lipinski definition) is 1. The Morgan fingerprint density at radius 2 is 1.63 bits per heavy atom. The van der Waals surface area contributed by atoms with Gasteiger partial charge < -0.3 is 9.84 Å². The average molecular weight is 565 g/mol. The number of halogens is 3. The molecule has 2 aliphatic heterocycles. The molecule has 0 spiro atoms. The summed E-state index contributed by atoms with van der Waals surface area (Å²) >= 11 is 0. The number of piperazine rings is 1. The number of rotatable bonds is 7. The van der Waals surface area contributed by atoms with E-state index in [1.54, 1.807) is 19.2 Å². The molecule has 2 fully saturated rings. The highest BCUT2D eigenvalue weighted by Crippen LogP contribution is 2.38. The van der Waals surface area contributed by atoms with Crippen molar-refractivity contribution in [3.8, 4) is 11.4 Å². The molecule has 214 valence electrons. The number of aliphatic hydroxyl groups excluding tert-OH is 1. The summed E-state index contributed by atoms with van der Waals surface area (Å²) in [7, 11) is 1.55. The first kappa shape index (κ1) is 27.4. The number of ether oxygens (including phenoxy) is 1. The first-order valence-electron chi connectivity index (χ1n) is 13.6. The van der Waals surface area contributed by atoms with Gasteiger partial charge in [-0.2, -0.15) is 17.9 Å². The summed E-state index contributed by atoms with van der Waals surface area (Å²) in [6.07, 6.45) is -4.44. The molecule has 41 heavy (non-hydrogen) atoms. The Balaban J connectivity index is 1.35. The van der Waals surface area contributed by atoms with E-state index in [1.807, 2.05) is 36.4 Å². The second kappa shape index (κ2) is 11.2. The van der Waals surface area contributed by atoms with Crippen molar-refractivity contribution in [1.29, 1.82) is 0 Å². The second-order valence-electron chi connectivity index (χ2n) is 10.7. The largest absolute Gasteiger partial charge is 0.496 e. The zero-order chi connectivity index (χ0) is 28.6. The van der Waals surface area contributed by atoms with Gasteiger partial charge in [0.05, 0.1) is 18.9 Å². The molecule has 2 saturated heterocycles. The SMILES string of the molecule is COc1ccc(-n2nnnc2C(F)(F)F)cc1CN1C[C@@H]2C[C@H](O)CN2[C@H](C(c2ccccc2)c2ccccc2)C1. The van der Waals surface area contributed by atoms with Gasteiger partial charge in [0.25, 0.3) is 5.82 Å². The molecular formula is C30H31F3N6O2. The van der Waals surface area contributed by atoms with Crippen LogP contribution in [0.5, 0.6) is 5.75 Å². The Bertz CT molecular complexity index is 1430. The average Bonchev–Trinajstić information content (AvgIpc) is 3.61. The predicted octanol–water partition coefficient (Wildman–Crippen LogP) is 4.14. The van der Waals surface area contributed by atoms with Gasteiger partial charge >= 0.3 is 6.18 Å². The third kappa shape index (κ3) is 5.57. The van der Waals surface area contributed by atoms with Gasteiger partial charge in [-0.1, -0.05) is 60.7 Å². The van der Waals surface area contributed by atoms with E-state index >= 15 is 0 Å². The van der Waals surface area contributed by atoms with Crippen LogP contribution in [-0.2, 0) is 12.7 Å². The molecular weight excluding hydrogens is 533 g/mol. The lowest BCUT2D eigenvalue weighted by molar-refractivity contribution is -0.146. The maximum Gasteiger partial charge on any atom is 0.453 e. The number of hydrogen-bond acceptors (Lipinski definition) is 7. The maximum atomic E-state index is 13.5. The highest BCUT2D eigenvalue weighted by Gasteiger charge is 2.44. The van der Waals surface area contributed by atoms with Crippen molar-refractivity contribution in [2.45, 2.75) is 43.2 Å². The molecule has 0 aliphatic carbocycles. The Labute approximate surface area is 236 Å². The minimum Gasteiger partial charge on any atom is -0.496 e. The third-order valence-electron chi connectivity index (χ3n) is 8.10. The molecule has 0 unspecified atom stereocenters. The number of aromatic nitrogens is 4. The van der Waals surface area contributed by atoms with Gasteiger partial charge in [-0.3, -0.25) is 9.80 Å². The summed E-state index contributed by atoms with van der Waals surface area (Å²) in [5.74, 6) is -0.545. The van der Waals surface area contributed by atoms with E-state index in [2.05, 4.69) is 49.6 Å². The van der Waals surface area contributed by atoms with Gasteiger partial charge in [0.2, 0.25) is 0 Å². The number of tetrazole rings is 1. The van der Waals surface area contributed by atoms with Crippen LogP contribution in [0.2, 0.25) is 0 Å². The topological polar surface area (TPSA) is 79.5 Å². The van der Waals surface area contributed by atoms with Crippen LogP contribution in [0.15, 0.2) is 78.9 Å². The van der Waals surface area contributed by atoms with Crippen LogP contribution < -0.4 is 4.74 Å². The molecule has 0 radical (unpaired) electrons. The standard InChI is InChI=1S/C30H31F3N6O2/c1-41-27-13-12-23(39-29(30(31,32)33)34-35-36-39)14-22(27)16-37-17-24-15-25(40)18-38(24)26(19-37)28(20-8-4-2-5-9-20)21-10-6-3-7-11-21/h2-14,24-26,28,40H,15-19H2,1H3/t24-,25-,26-/m0/s1. The van der Waals surface area contributed by atoms with E-state index in [4.69, 9.17) is 4.74 Å².